The zero-order chi connectivity index (χ0) is 18.1. The third-order valence-electron chi connectivity index (χ3n) is 3.63. The lowest BCUT2D eigenvalue weighted by atomic mass is 10.1. The van der Waals surface area contributed by atoms with E-state index in [1.54, 1.807) is 17.4 Å². The number of carbonyl (C=O) groups is 1. The molecule has 0 aliphatic rings. The molecule has 0 fully saturated rings. The van der Waals surface area contributed by atoms with Crippen molar-refractivity contribution in [1.82, 2.24) is 4.98 Å². The Labute approximate surface area is 147 Å². The highest BCUT2D eigenvalue weighted by Gasteiger charge is 2.18. The molecule has 1 aromatic carbocycles. The second-order valence-corrected chi connectivity index (χ2v) is 9.04. The van der Waals surface area contributed by atoms with E-state index < -0.39 is 9.84 Å². The number of ketones is 1. The number of rotatable bonds is 6. The lowest BCUT2D eigenvalue weighted by Gasteiger charge is -2.17. The van der Waals surface area contributed by atoms with Crippen molar-refractivity contribution in [2.75, 3.05) is 11.6 Å². The minimum absolute atomic E-state index is 0.110. The van der Waals surface area contributed by atoms with Gasteiger partial charge in [-0.15, -0.1) is 11.3 Å². The minimum Gasteiger partial charge on any atom is -0.376 e. The molecule has 0 aliphatic heterocycles. The molecule has 5 nitrogen and oxygen atoms in total. The van der Waals surface area contributed by atoms with Gasteiger partial charge in [-0.2, -0.15) is 0 Å². The Morgan fingerprint density at radius 2 is 1.92 bits per heavy atom. The van der Waals surface area contributed by atoms with Crippen LogP contribution < -0.4 is 5.32 Å². The average molecular weight is 367 g/mol. The van der Waals surface area contributed by atoms with Crippen LogP contribution in [0.4, 0.5) is 5.69 Å². The number of anilines is 1. The van der Waals surface area contributed by atoms with Crippen LogP contribution in [0.15, 0.2) is 28.5 Å². The van der Waals surface area contributed by atoms with E-state index in [0.717, 1.165) is 17.0 Å². The summed E-state index contributed by atoms with van der Waals surface area (Å²) in [6.45, 7) is 7.54. The van der Waals surface area contributed by atoms with Crippen molar-refractivity contribution in [3.63, 3.8) is 0 Å². The largest absolute Gasteiger partial charge is 0.376 e. The third kappa shape index (κ3) is 4.21. The second kappa shape index (κ2) is 7.03. The Hall–Kier alpha value is -1.73. The Balaban J connectivity index is 2.38. The van der Waals surface area contributed by atoms with E-state index >= 15 is 0 Å². The smallest absolute Gasteiger partial charge is 0.177 e. The molecule has 7 heteroatoms. The summed E-state index contributed by atoms with van der Waals surface area (Å²) < 4.78 is 24.0. The van der Waals surface area contributed by atoms with Gasteiger partial charge in [-0.25, -0.2) is 13.4 Å². The zero-order valence-corrected chi connectivity index (χ0v) is 16.1. The van der Waals surface area contributed by atoms with Gasteiger partial charge in [-0.05, 0) is 32.0 Å². The highest BCUT2D eigenvalue weighted by Crippen LogP contribution is 2.29. The summed E-state index contributed by atoms with van der Waals surface area (Å²) in [6, 6.07) is 4.43. The Morgan fingerprint density at radius 3 is 2.42 bits per heavy atom. The van der Waals surface area contributed by atoms with Crippen molar-refractivity contribution in [3.8, 4) is 0 Å². The summed E-state index contributed by atoms with van der Waals surface area (Å²) in [5.74, 6) is 0.241. The van der Waals surface area contributed by atoms with Gasteiger partial charge in [0.05, 0.1) is 27.3 Å². The first-order valence-electron chi connectivity index (χ1n) is 7.66. The van der Waals surface area contributed by atoms with Gasteiger partial charge >= 0.3 is 0 Å². The molecule has 2 rings (SSSR count). The predicted molar refractivity (Wildman–Crippen MR) is 97.8 cm³/mol. The number of hydrogen-bond donors (Lipinski definition) is 1. The lowest BCUT2D eigenvalue weighted by molar-refractivity contribution is 0.101. The molecule has 24 heavy (non-hydrogen) atoms. The van der Waals surface area contributed by atoms with E-state index in [0.29, 0.717) is 17.2 Å². The van der Waals surface area contributed by atoms with Crippen molar-refractivity contribution in [1.29, 1.82) is 0 Å². The zero-order valence-electron chi connectivity index (χ0n) is 14.5. The molecule has 0 bridgehead atoms. The molecule has 2 aromatic rings. The maximum absolute atomic E-state index is 12.0. The van der Waals surface area contributed by atoms with Crippen LogP contribution in [0.3, 0.4) is 0 Å². The van der Waals surface area contributed by atoms with Gasteiger partial charge in [0.2, 0.25) is 0 Å². The van der Waals surface area contributed by atoms with Crippen LogP contribution in [0.2, 0.25) is 0 Å². The van der Waals surface area contributed by atoms with Crippen LogP contribution in [-0.2, 0) is 9.84 Å². The topological polar surface area (TPSA) is 76.1 Å². The monoisotopic (exact) mass is 366 g/mol. The quantitative estimate of drug-likeness (QED) is 0.781. The van der Waals surface area contributed by atoms with Crippen molar-refractivity contribution >= 4 is 32.6 Å². The second-order valence-electron chi connectivity index (χ2n) is 6.17. The van der Waals surface area contributed by atoms with E-state index in [1.807, 2.05) is 12.3 Å². The van der Waals surface area contributed by atoms with Gasteiger partial charge in [0.25, 0.3) is 0 Å². The molecular formula is C17H22N2O3S2. The lowest BCUT2D eigenvalue weighted by Crippen LogP contribution is -2.12. The maximum atomic E-state index is 12.0. The summed E-state index contributed by atoms with van der Waals surface area (Å²) in [5.41, 5.74) is 1.76. The van der Waals surface area contributed by atoms with Crippen LogP contribution in [-0.4, -0.2) is 25.4 Å². The fourth-order valence-corrected chi connectivity index (χ4v) is 4.02. The molecule has 1 aromatic heterocycles. The van der Waals surface area contributed by atoms with Gasteiger partial charge in [0, 0.05) is 23.1 Å². The first-order chi connectivity index (χ1) is 11.1. The van der Waals surface area contributed by atoms with Crippen LogP contribution in [0.1, 0.15) is 60.7 Å². The first-order valence-corrected chi connectivity index (χ1v) is 10.4. The summed E-state index contributed by atoms with van der Waals surface area (Å²) in [7, 11) is -3.40. The van der Waals surface area contributed by atoms with Gasteiger partial charge in [0.1, 0.15) is 0 Å². The van der Waals surface area contributed by atoms with Crippen LogP contribution in [0.5, 0.6) is 0 Å². The molecule has 0 spiro atoms. The van der Waals surface area contributed by atoms with Crippen LogP contribution >= 0.6 is 11.3 Å². The highest BCUT2D eigenvalue weighted by atomic mass is 32.2. The molecule has 0 radical (unpaired) electrons. The normalized spacial score (nSPS) is 13.1. The SMILES string of the molecule is CC(=O)c1ccc(S(C)(=O)=O)c(NC(C)c2csc(C(C)C)n2)c1. The van der Waals surface area contributed by atoms with Crippen molar-refractivity contribution in [2.24, 2.45) is 0 Å². The maximum Gasteiger partial charge on any atom is 0.177 e. The molecule has 0 aliphatic carbocycles. The van der Waals surface area contributed by atoms with Gasteiger partial charge in [0.15, 0.2) is 15.6 Å². The number of carbonyl (C=O) groups excluding carboxylic acids is 1. The predicted octanol–water partition coefficient (Wildman–Crippen LogP) is 4.05. The van der Waals surface area contributed by atoms with E-state index in [4.69, 9.17) is 0 Å². The number of sulfone groups is 1. The molecule has 0 saturated carbocycles. The number of nitrogens with zero attached hydrogens (tertiary/aromatic N) is 1. The minimum atomic E-state index is -3.40. The average Bonchev–Trinajstić information content (AvgIpc) is 2.96. The molecule has 1 unspecified atom stereocenters. The number of benzene rings is 1. The molecule has 1 N–H and O–H groups in total. The molecule has 1 heterocycles. The Kier molecular flexibility index (Phi) is 5.45. The number of thiazole rings is 1. The fraction of sp³-hybridized carbons (Fsp3) is 0.412. The van der Waals surface area contributed by atoms with Gasteiger partial charge in [-0.3, -0.25) is 4.79 Å². The molecule has 130 valence electrons. The third-order valence-corrected chi connectivity index (χ3v) is 5.95. The number of nitrogens with one attached hydrogen (secondary N) is 1. The van der Waals surface area contributed by atoms with Crippen LogP contribution in [0, 0.1) is 0 Å². The summed E-state index contributed by atoms with van der Waals surface area (Å²) in [6.07, 6.45) is 1.16. The standard InChI is InChI=1S/C17H22N2O3S2/c1-10(2)17-19-15(9-23-17)11(3)18-14-8-13(12(4)20)6-7-16(14)24(5,21)22/h6-11,18H,1-5H3. The van der Waals surface area contributed by atoms with Gasteiger partial charge in [-0.1, -0.05) is 13.8 Å². The Bertz CT molecular complexity index is 854. The number of aromatic nitrogens is 1. The number of hydrogen-bond acceptors (Lipinski definition) is 6. The fourth-order valence-electron chi connectivity index (χ4n) is 2.26. The van der Waals surface area contributed by atoms with Crippen molar-refractivity contribution in [2.45, 2.75) is 44.6 Å². The van der Waals surface area contributed by atoms with Gasteiger partial charge < -0.3 is 5.32 Å². The van der Waals surface area contributed by atoms with E-state index in [9.17, 15) is 13.2 Å². The first kappa shape index (κ1) is 18.6. The summed E-state index contributed by atoms with van der Waals surface area (Å²) in [5, 5.41) is 6.21. The van der Waals surface area contributed by atoms with E-state index in [2.05, 4.69) is 24.1 Å². The molecule has 0 saturated heterocycles. The van der Waals surface area contributed by atoms with E-state index in [-0.39, 0.29) is 16.7 Å². The van der Waals surface area contributed by atoms with E-state index in [1.165, 1.54) is 19.1 Å². The summed E-state index contributed by atoms with van der Waals surface area (Å²) >= 11 is 1.59. The summed E-state index contributed by atoms with van der Waals surface area (Å²) in [4.78, 5) is 16.4. The van der Waals surface area contributed by atoms with Crippen molar-refractivity contribution < 1.29 is 13.2 Å². The Morgan fingerprint density at radius 1 is 1.25 bits per heavy atom. The molecule has 1 atom stereocenters. The highest BCUT2D eigenvalue weighted by molar-refractivity contribution is 7.90. The molecular weight excluding hydrogens is 344 g/mol. The number of Topliss-reactive ketones (excluding diaryl/α,β-unsaturated/α-hetero) is 1. The van der Waals surface area contributed by atoms with Crippen LogP contribution in [0.25, 0.3) is 0 Å². The van der Waals surface area contributed by atoms with Crippen molar-refractivity contribution in [3.05, 3.63) is 39.8 Å². The molecule has 0 amide bonds.